The van der Waals surface area contributed by atoms with E-state index in [1.165, 1.54) is 6.07 Å². The summed E-state index contributed by atoms with van der Waals surface area (Å²) in [5.41, 5.74) is -0.280. The first kappa shape index (κ1) is 17.4. The number of nitro benzene ring substituents is 1. The molecule has 6 nitrogen and oxygen atoms in total. The van der Waals surface area contributed by atoms with Crippen molar-refractivity contribution in [2.24, 2.45) is 5.92 Å². The Bertz CT molecular complexity index is 632. The minimum atomic E-state index is -0.672. The lowest BCUT2D eigenvalue weighted by molar-refractivity contribution is -0.386. The zero-order chi connectivity index (χ0) is 17.4. The number of aliphatic hydroxyl groups excluding tert-OH is 1. The Morgan fingerprint density at radius 2 is 1.96 bits per heavy atom. The van der Waals surface area contributed by atoms with Crippen LogP contribution in [0.1, 0.15) is 56.5 Å². The van der Waals surface area contributed by atoms with Crippen molar-refractivity contribution in [3.8, 4) is 0 Å². The number of rotatable bonds is 5. The van der Waals surface area contributed by atoms with E-state index in [2.05, 4.69) is 5.32 Å². The molecule has 0 bridgehead atoms. The summed E-state index contributed by atoms with van der Waals surface area (Å²) in [6, 6.07) is 4.56. The summed E-state index contributed by atoms with van der Waals surface area (Å²) in [5.74, 6) is -0.128. The molecule has 0 spiro atoms. The molecule has 0 aliphatic heterocycles. The van der Waals surface area contributed by atoms with Gasteiger partial charge in [0, 0.05) is 17.2 Å². The van der Waals surface area contributed by atoms with Gasteiger partial charge in [-0.3, -0.25) is 14.9 Å². The first-order chi connectivity index (χ1) is 10.6. The fraction of sp³-hybridized carbons (Fsp3) is 0.588. The fourth-order valence-corrected chi connectivity index (χ4v) is 2.78. The number of nitrogens with one attached hydrogen (secondary N) is 1. The maximum Gasteiger partial charge on any atom is 0.273 e. The number of hydrogen-bond donors (Lipinski definition) is 2. The summed E-state index contributed by atoms with van der Waals surface area (Å²) in [5, 5.41) is 23.7. The van der Waals surface area contributed by atoms with Crippen LogP contribution in [0.2, 0.25) is 0 Å². The molecule has 0 heterocycles. The van der Waals surface area contributed by atoms with Gasteiger partial charge in [-0.05, 0) is 37.2 Å². The highest BCUT2D eigenvalue weighted by Gasteiger charge is 2.42. The molecule has 1 aliphatic carbocycles. The van der Waals surface area contributed by atoms with Gasteiger partial charge in [-0.25, -0.2) is 0 Å². The molecule has 1 aromatic rings. The smallest absolute Gasteiger partial charge is 0.273 e. The van der Waals surface area contributed by atoms with E-state index in [1.54, 1.807) is 19.1 Å². The Morgan fingerprint density at radius 3 is 2.39 bits per heavy atom. The lowest BCUT2D eigenvalue weighted by atomic mass is 9.85. The molecular formula is C17H24N2O4. The third-order valence-electron chi connectivity index (χ3n) is 4.47. The quantitative estimate of drug-likeness (QED) is 0.644. The minimum absolute atomic E-state index is 0.0535. The standard InChI is InChI=1S/C17H24N2O4/c1-16(2,3)13-8-5-11(9-14(13)19(22)23)15(21)18-17(4,10-20)12-6-7-12/h5,8-9,12,20H,6-7,10H2,1-4H3,(H,18,21). The summed E-state index contributed by atoms with van der Waals surface area (Å²) >= 11 is 0. The van der Waals surface area contributed by atoms with Crippen LogP contribution in [0.3, 0.4) is 0 Å². The van der Waals surface area contributed by atoms with Gasteiger partial charge in [0.15, 0.2) is 0 Å². The summed E-state index contributed by atoms with van der Waals surface area (Å²) in [4.78, 5) is 23.3. The van der Waals surface area contributed by atoms with Crippen molar-refractivity contribution in [2.45, 2.75) is 51.5 Å². The Labute approximate surface area is 136 Å². The molecule has 1 saturated carbocycles. The van der Waals surface area contributed by atoms with Gasteiger partial charge in [-0.1, -0.05) is 26.8 Å². The lowest BCUT2D eigenvalue weighted by Crippen LogP contribution is -2.50. The molecule has 0 aromatic heterocycles. The normalized spacial score (nSPS) is 17.4. The molecule has 0 saturated heterocycles. The number of nitrogens with zero attached hydrogens (tertiary/aromatic N) is 1. The van der Waals surface area contributed by atoms with Crippen LogP contribution >= 0.6 is 0 Å². The van der Waals surface area contributed by atoms with Crippen molar-refractivity contribution < 1.29 is 14.8 Å². The second-order valence-electron chi connectivity index (χ2n) is 7.54. The van der Waals surface area contributed by atoms with Crippen LogP contribution in [0.15, 0.2) is 18.2 Å². The average molecular weight is 320 g/mol. The number of carbonyl (C=O) groups is 1. The molecule has 0 radical (unpaired) electrons. The maximum absolute atomic E-state index is 12.4. The zero-order valence-corrected chi connectivity index (χ0v) is 14.0. The second kappa shape index (κ2) is 5.92. The van der Waals surface area contributed by atoms with Crippen LogP contribution < -0.4 is 5.32 Å². The highest BCUT2D eigenvalue weighted by atomic mass is 16.6. The lowest BCUT2D eigenvalue weighted by Gasteiger charge is -2.29. The second-order valence-corrected chi connectivity index (χ2v) is 7.54. The Kier molecular flexibility index (Phi) is 4.48. The molecule has 2 N–H and O–H groups in total. The number of carbonyl (C=O) groups excluding carboxylic acids is 1. The van der Waals surface area contributed by atoms with Crippen LogP contribution in [-0.2, 0) is 5.41 Å². The number of nitro groups is 1. The van der Waals surface area contributed by atoms with Crippen molar-refractivity contribution in [1.82, 2.24) is 5.32 Å². The molecule has 126 valence electrons. The molecular weight excluding hydrogens is 296 g/mol. The first-order valence-corrected chi connectivity index (χ1v) is 7.81. The van der Waals surface area contributed by atoms with Crippen molar-refractivity contribution in [2.75, 3.05) is 6.61 Å². The topological polar surface area (TPSA) is 92.5 Å². The number of aliphatic hydroxyl groups is 1. The van der Waals surface area contributed by atoms with Crippen molar-refractivity contribution in [1.29, 1.82) is 0 Å². The number of benzene rings is 1. The largest absolute Gasteiger partial charge is 0.394 e. The zero-order valence-electron chi connectivity index (χ0n) is 14.0. The molecule has 1 amide bonds. The summed E-state index contributed by atoms with van der Waals surface area (Å²) in [7, 11) is 0. The fourth-order valence-electron chi connectivity index (χ4n) is 2.78. The molecule has 1 fully saturated rings. The van der Waals surface area contributed by atoms with E-state index in [-0.39, 0.29) is 29.2 Å². The van der Waals surface area contributed by atoms with Gasteiger partial charge in [0.2, 0.25) is 0 Å². The van der Waals surface area contributed by atoms with Crippen LogP contribution in [0.5, 0.6) is 0 Å². The van der Waals surface area contributed by atoms with E-state index < -0.39 is 16.4 Å². The monoisotopic (exact) mass is 320 g/mol. The van der Waals surface area contributed by atoms with Gasteiger partial charge in [-0.2, -0.15) is 0 Å². The first-order valence-electron chi connectivity index (χ1n) is 7.81. The van der Waals surface area contributed by atoms with E-state index in [9.17, 15) is 20.0 Å². The molecule has 1 atom stereocenters. The summed E-state index contributed by atoms with van der Waals surface area (Å²) in [6.45, 7) is 7.34. The SMILES string of the molecule is CC(C)(C)c1ccc(C(=O)NC(C)(CO)C2CC2)cc1[N+](=O)[O-]. The van der Waals surface area contributed by atoms with Crippen molar-refractivity contribution >= 4 is 11.6 Å². The van der Waals surface area contributed by atoms with Crippen LogP contribution in [0, 0.1) is 16.0 Å². The molecule has 2 rings (SSSR count). The molecule has 1 aliphatic rings. The van der Waals surface area contributed by atoms with Gasteiger partial charge in [-0.15, -0.1) is 0 Å². The van der Waals surface area contributed by atoms with Crippen molar-refractivity contribution in [3.63, 3.8) is 0 Å². The summed E-state index contributed by atoms with van der Waals surface area (Å²) < 4.78 is 0. The predicted octanol–water partition coefficient (Wildman–Crippen LogP) is 2.78. The highest BCUT2D eigenvalue weighted by Crippen LogP contribution is 2.39. The minimum Gasteiger partial charge on any atom is -0.394 e. The molecule has 6 heteroatoms. The van der Waals surface area contributed by atoms with Crippen LogP contribution in [0.4, 0.5) is 5.69 Å². The van der Waals surface area contributed by atoms with Gasteiger partial charge < -0.3 is 10.4 Å². The third-order valence-corrected chi connectivity index (χ3v) is 4.47. The number of hydrogen-bond acceptors (Lipinski definition) is 4. The average Bonchev–Trinajstić information content (AvgIpc) is 3.30. The third kappa shape index (κ3) is 3.69. The maximum atomic E-state index is 12.4. The molecule has 1 unspecified atom stereocenters. The van der Waals surface area contributed by atoms with Gasteiger partial charge in [0.05, 0.1) is 17.1 Å². The Hall–Kier alpha value is -1.95. The van der Waals surface area contributed by atoms with Crippen molar-refractivity contribution in [3.05, 3.63) is 39.4 Å². The van der Waals surface area contributed by atoms with E-state index in [4.69, 9.17) is 0 Å². The van der Waals surface area contributed by atoms with Gasteiger partial charge in [0.1, 0.15) is 0 Å². The van der Waals surface area contributed by atoms with E-state index in [0.29, 0.717) is 5.56 Å². The van der Waals surface area contributed by atoms with E-state index in [1.807, 2.05) is 20.8 Å². The van der Waals surface area contributed by atoms with Gasteiger partial charge >= 0.3 is 0 Å². The highest BCUT2D eigenvalue weighted by molar-refractivity contribution is 5.95. The number of amides is 1. The van der Waals surface area contributed by atoms with E-state index in [0.717, 1.165) is 12.8 Å². The Balaban J connectivity index is 2.31. The summed E-state index contributed by atoms with van der Waals surface area (Å²) in [6.07, 6.45) is 1.95. The van der Waals surface area contributed by atoms with Crippen LogP contribution in [0.25, 0.3) is 0 Å². The molecule has 23 heavy (non-hydrogen) atoms. The predicted molar refractivity (Wildman–Crippen MR) is 87.5 cm³/mol. The van der Waals surface area contributed by atoms with E-state index >= 15 is 0 Å². The molecule has 1 aromatic carbocycles. The Morgan fingerprint density at radius 1 is 1.35 bits per heavy atom. The van der Waals surface area contributed by atoms with Gasteiger partial charge in [0.25, 0.3) is 11.6 Å². The van der Waals surface area contributed by atoms with Crippen LogP contribution in [-0.4, -0.2) is 28.1 Å².